The highest BCUT2D eigenvalue weighted by Gasteiger charge is 2.08. The van der Waals surface area contributed by atoms with E-state index in [4.69, 9.17) is 15.3 Å². The number of hydrogen-bond acceptors (Lipinski definition) is 4. The van der Waals surface area contributed by atoms with Crippen molar-refractivity contribution in [1.82, 2.24) is 0 Å². The van der Waals surface area contributed by atoms with Crippen LogP contribution in [0.5, 0.6) is 0 Å². The number of aliphatic hydroxyl groups excluding tert-OH is 2. The first-order valence-electron chi connectivity index (χ1n) is 11.1. The predicted molar refractivity (Wildman–Crippen MR) is 113 cm³/mol. The molecule has 0 rings (SSSR count). The van der Waals surface area contributed by atoms with Crippen molar-refractivity contribution in [3.05, 3.63) is 0 Å². The summed E-state index contributed by atoms with van der Waals surface area (Å²) in [5.74, 6) is -1.84. The van der Waals surface area contributed by atoms with Gasteiger partial charge in [0.25, 0.3) is 0 Å². The molecule has 168 valence electrons. The van der Waals surface area contributed by atoms with Crippen LogP contribution >= 0.6 is 0 Å². The third kappa shape index (κ3) is 27.1. The maximum atomic E-state index is 10.4. The zero-order chi connectivity index (χ0) is 21.6. The van der Waals surface area contributed by atoms with Crippen molar-refractivity contribution in [2.45, 2.75) is 129 Å². The lowest BCUT2D eigenvalue weighted by Crippen LogP contribution is -2.12. The lowest BCUT2D eigenvalue weighted by atomic mass is 10.0. The largest absolute Gasteiger partial charge is 0.481 e. The summed E-state index contributed by atoms with van der Waals surface area (Å²) >= 11 is 0. The lowest BCUT2D eigenvalue weighted by Gasteiger charge is -2.07. The molecule has 0 spiro atoms. The van der Waals surface area contributed by atoms with Crippen molar-refractivity contribution in [2.24, 2.45) is 0 Å². The van der Waals surface area contributed by atoms with Crippen LogP contribution in [0.3, 0.4) is 0 Å². The van der Waals surface area contributed by atoms with Gasteiger partial charge >= 0.3 is 11.9 Å². The Morgan fingerprint density at radius 3 is 1.29 bits per heavy atom. The van der Waals surface area contributed by atoms with Gasteiger partial charge < -0.3 is 20.4 Å². The molecule has 0 bridgehead atoms. The zero-order valence-electron chi connectivity index (χ0n) is 18.1. The molecule has 0 saturated heterocycles. The number of aliphatic carboxylic acids is 2. The van der Waals surface area contributed by atoms with E-state index in [1.807, 2.05) is 6.92 Å². The highest BCUT2D eigenvalue weighted by atomic mass is 16.4. The fourth-order valence-corrected chi connectivity index (χ4v) is 2.98. The zero-order valence-corrected chi connectivity index (χ0v) is 18.1. The highest BCUT2D eigenvalue weighted by Crippen LogP contribution is 2.13. The van der Waals surface area contributed by atoms with Gasteiger partial charge in [-0.3, -0.25) is 9.59 Å². The first-order valence-corrected chi connectivity index (χ1v) is 11.1. The van der Waals surface area contributed by atoms with E-state index in [1.165, 1.54) is 57.8 Å². The van der Waals surface area contributed by atoms with Crippen LogP contribution in [0, 0.1) is 0 Å². The molecule has 28 heavy (non-hydrogen) atoms. The summed E-state index contributed by atoms with van der Waals surface area (Å²) in [5.41, 5.74) is 0. The smallest absolute Gasteiger partial charge is 0.305 e. The van der Waals surface area contributed by atoms with E-state index >= 15 is 0 Å². The number of carboxylic acids is 2. The molecule has 0 aliphatic carbocycles. The minimum absolute atomic E-state index is 0.113. The van der Waals surface area contributed by atoms with Gasteiger partial charge in [-0.25, -0.2) is 0 Å². The quantitative estimate of drug-likeness (QED) is 0.235. The second-order valence-corrected chi connectivity index (χ2v) is 7.62. The first kappa shape index (κ1) is 29.1. The van der Waals surface area contributed by atoms with Gasteiger partial charge in [-0.15, -0.1) is 0 Å². The number of carbonyl (C=O) groups is 2. The van der Waals surface area contributed by atoms with Crippen molar-refractivity contribution in [1.29, 1.82) is 0 Å². The monoisotopic (exact) mass is 404 g/mol. The molecule has 0 radical (unpaired) electrons. The Bertz CT molecular complexity index is 359. The second kappa shape index (κ2) is 22.2. The number of aliphatic hydroxyl groups is 2. The average molecular weight is 405 g/mol. The number of rotatable bonds is 18. The Morgan fingerprint density at radius 2 is 0.929 bits per heavy atom. The van der Waals surface area contributed by atoms with Crippen molar-refractivity contribution in [2.75, 3.05) is 0 Å². The van der Waals surface area contributed by atoms with Gasteiger partial charge in [0.15, 0.2) is 0 Å². The molecule has 0 aromatic heterocycles. The van der Waals surface area contributed by atoms with Crippen molar-refractivity contribution >= 4 is 11.9 Å². The van der Waals surface area contributed by atoms with Crippen LogP contribution in [0.2, 0.25) is 0 Å². The second-order valence-electron chi connectivity index (χ2n) is 7.62. The highest BCUT2D eigenvalue weighted by molar-refractivity contribution is 5.67. The van der Waals surface area contributed by atoms with Crippen LogP contribution in [-0.2, 0) is 9.59 Å². The predicted octanol–water partition coefficient (Wildman–Crippen LogP) is 5.15. The maximum absolute atomic E-state index is 10.4. The molecular weight excluding hydrogens is 360 g/mol. The molecule has 0 aromatic rings. The SMILES string of the molecule is CCCC(O)CC(=O)O.CCCCCCCCCCCCCC(O)CC(=O)O. The van der Waals surface area contributed by atoms with Gasteiger partial charge in [0.2, 0.25) is 0 Å². The molecule has 0 amide bonds. The van der Waals surface area contributed by atoms with Crippen LogP contribution in [-0.4, -0.2) is 44.6 Å². The van der Waals surface area contributed by atoms with Gasteiger partial charge in [0.05, 0.1) is 25.0 Å². The molecule has 0 aromatic carbocycles. The van der Waals surface area contributed by atoms with Crippen LogP contribution in [0.1, 0.15) is 117 Å². The number of hydrogen-bond donors (Lipinski definition) is 4. The number of unbranched alkanes of at least 4 members (excludes halogenated alkanes) is 10. The molecule has 0 saturated carbocycles. The first-order chi connectivity index (χ1) is 13.3. The van der Waals surface area contributed by atoms with E-state index in [0.29, 0.717) is 12.8 Å². The van der Waals surface area contributed by atoms with Crippen LogP contribution in [0.25, 0.3) is 0 Å². The van der Waals surface area contributed by atoms with E-state index < -0.39 is 24.1 Å². The van der Waals surface area contributed by atoms with Crippen molar-refractivity contribution in [3.63, 3.8) is 0 Å². The molecule has 2 atom stereocenters. The van der Waals surface area contributed by atoms with E-state index in [2.05, 4.69) is 6.92 Å². The molecule has 0 heterocycles. The van der Waals surface area contributed by atoms with Crippen molar-refractivity contribution < 1.29 is 30.0 Å². The summed E-state index contributed by atoms with van der Waals surface area (Å²) in [7, 11) is 0. The molecular formula is C22H44O6. The molecule has 0 aliphatic rings. The molecule has 6 heteroatoms. The molecule has 0 aliphatic heterocycles. The Labute approximate surface area is 171 Å². The normalized spacial score (nSPS) is 12.7. The molecule has 2 unspecified atom stereocenters. The fraction of sp³-hybridized carbons (Fsp3) is 0.909. The third-order valence-electron chi connectivity index (χ3n) is 4.58. The van der Waals surface area contributed by atoms with Gasteiger partial charge in [0.1, 0.15) is 0 Å². The van der Waals surface area contributed by atoms with E-state index in [-0.39, 0.29) is 12.8 Å². The van der Waals surface area contributed by atoms with Gasteiger partial charge in [-0.05, 0) is 12.8 Å². The minimum atomic E-state index is -0.934. The van der Waals surface area contributed by atoms with Crippen LogP contribution in [0.4, 0.5) is 0 Å². The molecule has 0 fully saturated rings. The Morgan fingerprint density at radius 1 is 0.571 bits per heavy atom. The Hall–Kier alpha value is -1.14. The average Bonchev–Trinajstić information content (AvgIpc) is 2.59. The summed E-state index contributed by atoms with van der Waals surface area (Å²) in [6.45, 7) is 4.15. The maximum Gasteiger partial charge on any atom is 0.305 e. The van der Waals surface area contributed by atoms with E-state index in [1.54, 1.807) is 0 Å². The summed E-state index contributed by atoms with van der Waals surface area (Å²) in [6.07, 6.45) is 14.5. The minimum Gasteiger partial charge on any atom is -0.481 e. The summed E-state index contributed by atoms with van der Waals surface area (Å²) < 4.78 is 0. The van der Waals surface area contributed by atoms with Crippen LogP contribution in [0.15, 0.2) is 0 Å². The third-order valence-corrected chi connectivity index (χ3v) is 4.58. The topological polar surface area (TPSA) is 115 Å². The standard InChI is InChI=1S/C16H32O3.C6H12O3/c1-2-3-4-5-6-7-8-9-10-11-12-13-15(17)14-16(18)19;1-2-3-5(7)4-6(8)9/h15,17H,2-14H2,1H3,(H,18,19);5,7H,2-4H2,1H3,(H,8,9). The fourth-order valence-electron chi connectivity index (χ4n) is 2.98. The molecule has 4 N–H and O–H groups in total. The molecule has 6 nitrogen and oxygen atoms in total. The van der Waals surface area contributed by atoms with Gasteiger partial charge in [-0.1, -0.05) is 90.9 Å². The summed E-state index contributed by atoms with van der Waals surface area (Å²) in [4.78, 5) is 20.3. The van der Waals surface area contributed by atoms with E-state index in [0.717, 1.165) is 19.3 Å². The lowest BCUT2D eigenvalue weighted by molar-refractivity contribution is -0.140. The van der Waals surface area contributed by atoms with Gasteiger partial charge in [-0.2, -0.15) is 0 Å². The Kier molecular flexibility index (Phi) is 23.0. The van der Waals surface area contributed by atoms with Crippen molar-refractivity contribution in [3.8, 4) is 0 Å². The van der Waals surface area contributed by atoms with E-state index in [9.17, 15) is 14.7 Å². The number of carboxylic acid groups (broad SMARTS) is 2. The van der Waals surface area contributed by atoms with Crippen LogP contribution < -0.4 is 0 Å². The van der Waals surface area contributed by atoms with Gasteiger partial charge in [0, 0.05) is 0 Å². The summed E-state index contributed by atoms with van der Waals surface area (Å²) in [6, 6.07) is 0. The Balaban J connectivity index is 0. The summed E-state index contributed by atoms with van der Waals surface area (Å²) in [5, 5.41) is 34.9.